The molecule has 1 heterocycles. The van der Waals surface area contributed by atoms with Crippen LogP contribution in [0.2, 0.25) is 0 Å². The van der Waals surface area contributed by atoms with E-state index in [9.17, 15) is 14.7 Å². The standard InChI is InChI=1S/C20H20N2O5/c1-26-17-8-3-13(11-18(17)27-2)9-10-22-19(24)12-16(20(22)25)21-14-4-6-15(23)7-5-14/h3-8,11-12,21,23H,9-10H2,1-2H3. The highest BCUT2D eigenvalue weighted by Gasteiger charge is 2.30. The van der Waals surface area contributed by atoms with Gasteiger partial charge in [-0.1, -0.05) is 6.07 Å². The van der Waals surface area contributed by atoms with E-state index in [0.717, 1.165) is 5.56 Å². The fourth-order valence-electron chi connectivity index (χ4n) is 2.79. The summed E-state index contributed by atoms with van der Waals surface area (Å²) >= 11 is 0. The number of phenols is 1. The Hall–Kier alpha value is -3.48. The van der Waals surface area contributed by atoms with Crippen molar-refractivity contribution in [1.82, 2.24) is 4.90 Å². The number of benzene rings is 2. The molecule has 0 saturated carbocycles. The molecule has 2 amide bonds. The number of phenolic OH excluding ortho intramolecular Hbond substituents is 1. The first-order valence-electron chi connectivity index (χ1n) is 8.36. The van der Waals surface area contributed by atoms with Crippen LogP contribution in [-0.2, 0) is 16.0 Å². The third-order valence-corrected chi connectivity index (χ3v) is 4.23. The zero-order valence-corrected chi connectivity index (χ0v) is 15.1. The fourth-order valence-corrected chi connectivity index (χ4v) is 2.79. The van der Waals surface area contributed by atoms with Gasteiger partial charge in [-0.3, -0.25) is 14.5 Å². The molecule has 0 radical (unpaired) electrons. The molecule has 2 aromatic rings. The predicted molar refractivity (Wildman–Crippen MR) is 99.8 cm³/mol. The molecule has 0 aliphatic carbocycles. The van der Waals surface area contributed by atoms with E-state index in [1.165, 1.54) is 23.1 Å². The van der Waals surface area contributed by atoms with Gasteiger partial charge in [-0.15, -0.1) is 0 Å². The normalized spacial score (nSPS) is 13.6. The molecule has 1 aliphatic rings. The van der Waals surface area contributed by atoms with Gasteiger partial charge in [-0.05, 0) is 48.4 Å². The van der Waals surface area contributed by atoms with Crippen molar-refractivity contribution in [2.24, 2.45) is 0 Å². The van der Waals surface area contributed by atoms with E-state index in [-0.39, 0.29) is 29.8 Å². The van der Waals surface area contributed by atoms with Gasteiger partial charge < -0.3 is 19.9 Å². The average Bonchev–Trinajstić information content (AvgIpc) is 2.94. The van der Waals surface area contributed by atoms with E-state index in [1.54, 1.807) is 32.4 Å². The molecule has 0 atom stereocenters. The highest BCUT2D eigenvalue weighted by molar-refractivity contribution is 6.17. The highest BCUT2D eigenvalue weighted by atomic mass is 16.5. The van der Waals surface area contributed by atoms with Crippen LogP contribution in [0.4, 0.5) is 5.69 Å². The van der Waals surface area contributed by atoms with Gasteiger partial charge >= 0.3 is 0 Å². The van der Waals surface area contributed by atoms with Crippen molar-refractivity contribution < 1.29 is 24.2 Å². The van der Waals surface area contributed by atoms with Gasteiger partial charge in [0, 0.05) is 18.3 Å². The van der Waals surface area contributed by atoms with Crippen LogP contribution < -0.4 is 14.8 Å². The second-order valence-electron chi connectivity index (χ2n) is 5.96. The van der Waals surface area contributed by atoms with Crippen molar-refractivity contribution in [1.29, 1.82) is 0 Å². The number of imide groups is 1. The first kappa shape index (κ1) is 18.3. The molecule has 2 aromatic carbocycles. The number of ether oxygens (including phenoxy) is 2. The lowest BCUT2D eigenvalue weighted by molar-refractivity contribution is -0.137. The van der Waals surface area contributed by atoms with E-state index in [1.807, 2.05) is 12.1 Å². The van der Waals surface area contributed by atoms with Gasteiger partial charge in [0.1, 0.15) is 11.4 Å². The Morgan fingerprint density at radius 1 is 1.00 bits per heavy atom. The summed E-state index contributed by atoms with van der Waals surface area (Å²) in [6, 6.07) is 11.7. The van der Waals surface area contributed by atoms with E-state index < -0.39 is 0 Å². The molecule has 7 nitrogen and oxygen atoms in total. The summed E-state index contributed by atoms with van der Waals surface area (Å²) in [6.07, 6.45) is 1.78. The van der Waals surface area contributed by atoms with Crippen LogP contribution >= 0.6 is 0 Å². The van der Waals surface area contributed by atoms with Crippen LogP contribution in [0.5, 0.6) is 17.2 Å². The van der Waals surface area contributed by atoms with Crippen LogP contribution in [-0.4, -0.2) is 42.6 Å². The topological polar surface area (TPSA) is 88.1 Å². The number of hydrogen-bond donors (Lipinski definition) is 2. The minimum atomic E-state index is -0.381. The van der Waals surface area contributed by atoms with E-state index in [2.05, 4.69) is 5.32 Å². The monoisotopic (exact) mass is 368 g/mol. The lowest BCUT2D eigenvalue weighted by atomic mass is 10.1. The molecule has 3 rings (SSSR count). The number of aromatic hydroxyl groups is 1. The van der Waals surface area contributed by atoms with Crippen LogP contribution in [0, 0.1) is 0 Å². The van der Waals surface area contributed by atoms with Gasteiger partial charge in [0.25, 0.3) is 11.8 Å². The van der Waals surface area contributed by atoms with Gasteiger partial charge in [0.05, 0.1) is 14.2 Å². The van der Waals surface area contributed by atoms with E-state index in [0.29, 0.717) is 23.6 Å². The molecule has 2 N–H and O–H groups in total. The number of nitrogens with zero attached hydrogens (tertiary/aromatic N) is 1. The molecule has 7 heteroatoms. The van der Waals surface area contributed by atoms with E-state index >= 15 is 0 Å². The van der Waals surface area contributed by atoms with Crippen LogP contribution in [0.25, 0.3) is 0 Å². The summed E-state index contributed by atoms with van der Waals surface area (Å²) in [7, 11) is 3.12. The summed E-state index contributed by atoms with van der Waals surface area (Å²) < 4.78 is 10.5. The number of carbonyl (C=O) groups excluding carboxylic acids is 2. The van der Waals surface area contributed by atoms with Gasteiger partial charge in [0.15, 0.2) is 11.5 Å². The number of carbonyl (C=O) groups is 2. The number of methoxy groups -OCH3 is 2. The number of anilines is 1. The summed E-state index contributed by atoms with van der Waals surface area (Å²) in [5.74, 6) is 0.605. The molecule has 0 bridgehead atoms. The molecule has 27 heavy (non-hydrogen) atoms. The fraction of sp³-hybridized carbons (Fsp3) is 0.200. The summed E-state index contributed by atoms with van der Waals surface area (Å²) in [5, 5.41) is 12.2. The van der Waals surface area contributed by atoms with E-state index in [4.69, 9.17) is 9.47 Å². The van der Waals surface area contributed by atoms with Crippen molar-refractivity contribution in [3.05, 3.63) is 59.8 Å². The molecular weight excluding hydrogens is 348 g/mol. The molecule has 140 valence electrons. The zero-order valence-electron chi connectivity index (χ0n) is 15.1. The Balaban J connectivity index is 1.64. The molecule has 0 saturated heterocycles. The molecule has 1 aliphatic heterocycles. The third kappa shape index (κ3) is 4.03. The second kappa shape index (κ2) is 7.82. The van der Waals surface area contributed by atoms with Crippen LogP contribution in [0.3, 0.4) is 0 Å². The van der Waals surface area contributed by atoms with Crippen LogP contribution in [0.1, 0.15) is 5.56 Å². The van der Waals surface area contributed by atoms with Crippen molar-refractivity contribution in [3.63, 3.8) is 0 Å². The third-order valence-electron chi connectivity index (χ3n) is 4.23. The van der Waals surface area contributed by atoms with Crippen LogP contribution in [0.15, 0.2) is 54.2 Å². The maximum Gasteiger partial charge on any atom is 0.277 e. The number of amides is 2. The van der Waals surface area contributed by atoms with Crippen molar-refractivity contribution in [2.45, 2.75) is 6.42 Å². The molecule has 0 aromatic heterocycles. The smallest absolute Gasteiger partial charge is 0.277 e. The first-order valence-corrected chi connectivity index (χ1v) is 8.36. The summed E-state index contributed by atoms with van der Waals surface area (Å²) in [4.78, 5) is 25.9. The molecule has 0 unspecified atom stereocenters. The van der Waals surface area contributed by atoms with Crippen molar-refractivity contribution in [3.8, 4) is 17.2 Å². The van der Waals surface area contributed by atoms with Crippen molar-refractivity contribution in [2.75, 3.05) is 26.1 Å². The van der Waals surface area contributed by atoms with Gasteiger partial charge in [-0.25, -0.2) is 0 Å². The Bertz CT molecular complexity index is 890. The quantitative estimate of drug-likeness (QED) is 0.576. The Labute approximate surface area is 156 Å². The maximum absolute atomic E-state index is 12.5. The lowest BCUT2D eigenvalue weighted by Gasteiger charge is -2.16. The molecule has 0 fully saturated rings. The Morgan fingerprint density at radius 3 is 2.37 bits per heavy atom. The van der Waals surface area contributed by atoms with Crippen molar-refractivity contribution >= 4 is 17.5 Å². The van der Waals surface area contributed by atoms with Gasteiger partial charge in [0.2, 0.25) is 0 Å². The molecule has 0 spiro atoms. The SMILES string of the molecule is COc1ccc(CCN2C(=O)C=C(Nc3ccc(O)cc3)C2=O)cc1OC. The van der Waals surface area contributed by atoms with Gasteiger partial charge in [-0.2, -0.15) is 0 Å². The zero-order chi connectivity index (χ0) is 19.4. The predicted octanol–water partition coefficient (Wildman–Crippen LogP) is 2.32. The number of hydrogen-bond acceptors (Lipinski definition) is 6. The minimum Gasteiger partial charge on any atom is -0.508 e. The first-order chi connectivity index (χ1) is 13.0. The highest BCUT2D eigenvalue weighted by Crippen LogP contribution is 2.28. The molecular formula is C20H20N2O5. The lowest BCUT2D eigenvalue weighted by Crippen LogP contribution is -2.33. The number of rotatable bonds is 7. The Kier molecular flexibility index (Phi) is 5.30. The Morgan fingerprint density at radius 2 is 1.70 bits per heavy atom. The average molecular weight is 368 g/mol. The minimum absolute atomic E-state index is 0.125. The number of nitrogens with one attached hydrogen (secondary N) is 1. The largest absolute Gasteiger partial charge is 0.508 e. The summed E-state index contributed by atoms with van der Waals surface area (Å²) in [6.45, 7) is 0.254. The maximum atomic E-state index is 12.5. The summed E-state index contributed by atoms with van der Waals surface area (Å²) in [5.41, 5.74) is 1.74. The second-order valence-corrected chi connectivity index (χ2v) is 5.96.